The molecule has 3 spiro atoms. The molecule has 6 aliphatic rings. The Morgan fingerprint density at radius 2 is 0.767 bits per heavy atom. The Morgan fingerprint density at radius 1 is 0.417 bits per heavy atom. The Balaban J connectivity index is 0.000000108. The zero-order chi connectivity index (χ0) is 41.7. The molecular weight excluding hydrogens is 749 g/mol. The lowest BCUT2D eigenvalue weighted by atomic mass is 9.74. The summed E-state index contributed by atoms with van der Waals surface area (Å²) in [7, 11) is 0. The van der Waals surface area contributed by atoms with Gasteiger partial charge in [0.05, 0.1) is 0 Å². The number of fused-ring (bicyclic) bond motifs is 6. The number of phenols is 6. The van der Waals surface area contributed by atoms with Crippen molar-refractivity contribution in [1.82, 2.24) is 0 Å². The molecule has 12 rings (SSSR count). The van der Waals surface area contributed by atoms with E-state index in [0.717, 1.165) is 79.2 Å². The third-order valence-electron chi connectivity index (χ3n) is 14.8. The van der Waals surface area contributed by atoms with Gasteiger partial charge in [-0.05, 0) is 209 Å². The predicted octanol–water partition coefficient (Wildman–Crippen LogP) is 9.62. The first-order valence-corrected chi connectivity index (χ1v) is 20.8. The van der Waals surface area contributed by atoms with Crippen LogP contribution in [0.2, 0.25) is 0 Å². The van der Waals surface area contributed by atoms with E-state index in [4.69, 9.17) is 0 Å². The van der Waals surface area contributed by atoms with Crippen molar-refractivity contribution in [3.8, 4) is 34.5 Å². The van der Waals surface area contributed by atoms with Crippen LogP contribution in [0.3, 0.4) is 0 Å². The molecule has 302 valence electrons. The Kier molecular flexibility index (Phi) is 8.52. The van der Waals surface area contributed by atoms with Gasteiger partial charge in [0, 0.05) is 16.4 Å². The van der Waals surface area contributed by atoms with Gasteiger partial charge >= 0.3 is 0 Å². The molecule has 7 heteroatoms. The van der Waals surface area contributed by atoms with Crippen molar-refractivity contribution in [2.24, 2.45) is 16.2 Å². The molecule has 0 amide bonds. The largest absolute Gasteiger partial charge is 0.508 e. The molecule has 6 aromatic rings. The number of carbonyl (C=O) groups is 1. The van der Waals surface area contributed by atoms with E-state index in [1.807, 2.05) is 48.5 Å². The number of hydrogen-bond acceptors (Lipinski definition) is 7. The van der Waals surface area contributed by atoms with Gasteiger partial charge in [0.25, 0.3) is 0 Å². The number of rotatable bonds is 0. The smallest absolute Gasteiger partial charge is 0.170 e. The number of hydrogen-bond donors (Lipinski definition) is 6. The minimum absolute atomic E-state index is 0.0340. The molecular formula is C53H48O7. The van der Waals surface area contributed by atoms with Crippen LogP contribution < -0.4 is 0 Å². The van der Waals surface area contributed by atoms with E-state index in [1.165, 1.54) is 38.9 Å². The first-order valence-electron chi connectivity index (χ1n) is 20.8. The van der Waals surface area contributed by atoms with Gasteiger partial charge in [0.1, 0.15) is 34.5 Å². The summed E-state index contributed by atoms with van der Waals surface area (Å²) in [6.07, 6.45) is 8.13. The van der Waals surface area contributed by atoms with E-state index in [1.54, 1.807) is 48.5 Å². The Hall–Kier alpha value is -6.47. The van der Waals surface area contributed by atoms with Gasteiger partial charge in [-0.1, -0.05) is 49.9 Å². The molecule has 4 unspecified atom stereocenters. The molecule has 0 fully saturated rings. The second-order valence-corrected chi connectivity index (χ2v) is 18.5. The van der Waals surface area contributed by atoms with E-state index in [-0.39, 0.29) is 28.1 Å². The molecule has 0 saturated carbocycles. The minimum atomic E-state index is -0.410. The molecule has 7 nitrogen and oxygen atoms in total. The highest BCUT2D eigenvalue weighted by Gasteiger charge is 2.50. The number of carbonyl (C=O) groups excluding carboxylic acids is 1. The van der Waals surface area contributed by atoms with Crippen LogP contribution in [0.25, 0.3) is 5.57 Å². The highest BCUT2D eigenvalue weighted by molar-refractivity contribution is 6.06. The lowest BCUT2D eigenvalue weighted by Gasteiger charge is -2.29. The van der Waals surface area contributed by atoms with Crippen LogP contribution in [0, 0.1) is 16.2 Å². The van der Waals surface area contributed by atoms with Crippen molar-refractivity contribution in [2.45, 2.75) is 70.6 Å². The van der Waals surface area contributed by atoms with Crippen LogP contribution in [0.4, 0.5) is 0 Å². The molecule has 4 atom stereocenters. The summed E-state index contributed by atoms with van der Waals surface area (Å²) < 4.78 is 0. The summed E-state index contributed by atoms with van der Waals surface area (Å²) >= 11 is 0. The highest BCUT2D eigenvalue weighted by atomic mass is 16.3. The van der Waals surface area contributed by atoms with Crippen LogP contribution in [-0.2, 0) is 57.8 Å². The quantitative estimate of drug-likeness (QED) is 0.0901. The normalized spacial score (nSPS) is 24.3. The van der Waals surface area contributed by atoms with E-state index < -0.39 is 5.41 Å². The lowest BCUT2D eigenvalue weighted by Crippen LogP contribution is -2.28. The lowest BCUT2D eigenvalue weighted by molar-refractivity contribution is 0.0831. The molecule has 6 N–H and O–H groups in total. The Bertz CT molecular complexity index is 2660. The van der Waals surface area contributed by atoms with Crippen LogP contribution >= 0.6 is 0 Å². The minimum Gasteiger partial charge on any atom is -0.508 e. The van der Waals surface area contributed by atoms with Crippen molar-refractivity contribution >= 4 is 11.4 Å². The van der Waals surface area contributed by atoms with Crippen molar-refractivity contribution in [3.63, 3.8) is 0 Å². The van der Waals surface area contributed by atoms with Gasteiger partial charge in [0.15, 0.2) is 5.78 Å². The number of ketones is 1. The monoisotopic (exact) mass is 796 g/mol. The SMILES string of the molecule is C=C1c2cc(O)ccc2CC12Cc1ccc(O)cc1C2.CC1c2cc(O)ccc2CC12Cc1ccc(O)cc1C2.O=C1c2cc(O)ccc2CC12Cc1ccc(O)cc1C2. The number of aromatic hydroxyl groups is 6. The number of allylic oxidation sites excluding steroid dienone is 1. The molecule has 0 bridgehead atoms. The topological polar surface area (TPSA) is 138 Å². The van der Waals surface area contributed by atoms with Gasteiger partial charge in [-0.2, -0.15) is 0 Å². The molecule has 60 heavy (non-hydrogen) atoms. The summed E-state index contributed by atoms with van der Waals surface area (Å²) in [5.74, 6) is 2.32. The van der Waals surface area contributed by atoms with Crippen LogP contribution in [-0.4, -0.2) is 36.4 Å². The summed E-state index contributed by atoms with van der Waals surface area (Å²) in [5.41, 5.74) is 15.1. The first-order chi connectivity index (χ1) is 28.7. The van der Waals surface area contributed by atoms with Gasteiger partial charge in [-0.15, -0.1) is 0 Å². The molecule has 0 saturated heterocycles. The van der Waals surface area contributed by atoms with E-state index in [2.05, 4.69) is 25.6 Å². The fourth-order valence-electron chi connectivity index (χ4n) is 11.7. The van der Waals surface area contributed by atoms with E-state index in [0.29, 0.717) is 40.9 Å². The summed E-state index contributed by atoms with van der Waals surface area (Å²) in [4.78, 5) is 12.8. The molecule has 0 aromatic heterocycles. The summed E-state index contributed by atoms with van der Waals surface area (Å²) in [6, 6.07) is 33.2. The molecule has 0 radical (unpaired) electrons. The standard InChI is InChI=1S/C18H18O2.C18H16O2.C17H14O3/c2*1-11-17-7-16(20)5-3-13(17)9-18(11)8-12-2-4-15(19)6-14(12)10-18;18-13-3-1-10-7-17(9-12(10)5-13)8-11-2-4-14(19)6-15(11)16(17)20/h2-7,11,19-20H,8-10H2,1H3;2-7,19-20H,1,8-10H2;1-6,18-19H,7-9H2. The Morgan fingerprint density at radius 3 is 1.37 bits per heavy atom. The van der Waals surface area contributed by atoms with Crippen molar-refractivity contribution in [2.75, 3.05) is 0 Å². The second kappa shape index (κ2) is 13.5. The van der Waals surface area contributed by atoms with Gasteiger partial charge < -0.3 is 30.6 Å². The van der Waals surface area contributed by atoms with Crippen LogP contribution in [0.1, 0.15) is 84.4 Å². The maximum Gasteiger partial charge on any atom is 0.170 e. The molecule has 6 aromatic carbocycles. The average Bonchev–Trinajstić information content (AvgIpc) is 4.04. The van der Waals surface area contributed by atoms with Crippen LogP contribution in [0.15, 0.2) is 116 Å². The third-order valence-corrected chi connectivity index (χ3v) is 14.8. The summed E-state index contributed by atoms with van der Waals surface area (Å²) in [6.45, 7) is 6.58. The van der Waals surface area contributed by atoms with Crippen molar-refractivity contribution in [3.05, 3.63) is 183 Å². The fourth-order valence-corrected chi connectivity index (χ4v) is 11.7. The predicted molar refractivity (Wildman–Crippen MR) is 231 cm³/mol. The van der Waals surface area contributed by atoms with E-state index in [9.17, 15) is 35.4 Å². The van der Waals surface area contributed by atoms with Gasteiger partial charge in [-0.25, -0.2) is 0 Å². The number of phenolic OH excluding ortho intramolecular Hbond substituents is 6. The molecule has 0 heterocycles. The second-order valence-electron chi connectivity index (χ2n) is 18.5. The average molecular weight is 797 g/mol. The molecule has 6 aliphatic carbocycles. The summed E-state index contributed by atoms with van der Waals surface area (Å²) in [5, 5.41) is 57.9. The number of Topliss-reactive ketones (excluding diaryl/α,β-unsaturated/α-hetero) is 1. The van der Waals surface area contributed by atoms with Crippen molar-refractivity contribution in [1.29, 1.82) is 0 Å². The Labute approximate surface area is 349 Å². The third kappa shape index (κ3) is 6.13. The number of benzene rings is 6. The van der Waals surface area contributed by atoms with Crippen LogP contribution in [0.5, 0.6) is 34.5 Å². The zero-order valence-electron chi connectivity index (χ0n) is 33.6. The zero-order valence-corrected chi connectivity index (χ0v) is 33.6. The first kappa shape index (κ1) is 37.8. The maximum absolute atomic E-state index is 12.8. The maximum atomic E-state index is 12.8. The molecule has 0 aliphatic heterocycles. The highest BCUT2D eigenvalue weighted by Crippen LogP contribution is 2.56. The fraction of sp³-hybridized carbons (Fsp3) is 0.264. The van der Waals surface area contributed by atoms with Gasteiger partial charge in [0.2, 0.25) is 0 Å². The van der Waals surface area contributed by atoms with E-state index >= 15 is 0 Å². The van der Waals surface area contributed by atoms with Gasteiger partial charge in [-0.3, -0.25) is 4.79 Å². The van der Waals surface area contributed by atoms with Crippen molar-refractivity contribution < 1.29 is 35.4 Å².